The molecule has 0 spiro atoms. The molecule has 1 heterocycles. The Labute approximate surface area is 164 Å². The molecular weight excluding hydrogens is 355 g/mol. The van der Waals surface area contributed by atoms with Crippen molar-refractivity contribution in [1.82, 2.24) is 14.9 Å². The molecule has 6 heteroatoms. The number of benzene rings is 2. The molecule has 0 saturated carbocycles. The lowest BCUT2D eigenvalue weighted by atomic mass is 10.1. The molecule has 0 aliphatic rings. The van der Waals surface area contributed by atoms with Gasteiger partial charge in [0, 0.05) is 36.5 Å². The minimum atomic E-state index is -0.286. The van der Waals surface area contributed by atoms with Gasteiger partial charge in [0.25, 0.3) is 5.91 Å². The van der Waals surface area contributed by atoms with Gasteiger partial charge in [0.15, 0.2) is 0 Å². The molecule has 0 atom stereocenters. The summed E-state index contributed by atoms with van der Waals surface area (Å²) in [6, 6.07) is 15.2. The van der Waals surface area contributed by atoms with Crippen LogP contribution < -0.4 is 5.32 Å². The number of carbonyl (C=O) groups excluding carboxylic acids is 1. The van der Waals surface area contributed by atoms with Gasteiger partial charge < -0.3 is 10.2 Å². The first-order chi connectivity index (χ1) is 13.6. The van der Waals surface area contributed by atoms with E-state index in [2.05, 4.69) is 22.2 Å². The Morgan fingerprint density at radius 1 is 1.07 bits per heavy atom. The Balaban J connectivity index is 1.70. The number of unbranched alkanes of at least 4 members (excludes halogenated alkanes) is 1. The highest BCUT2D eigenvalue weighted by molar-refractivity contribution is 5.94. The molecule has 1 amide bonds. The zero-order valence-electron chi connectivity index (χ0n) is 16.0. The van der Waals surface area contributed by atoms with Crippen LogP contribution in [-0.2, 0) is 0 Å². The van der Waals surface area contributed by atoms with Crippen LogP contribution in [-0.4, -0.2) is 34.4 Å². The zero-order chi connectivity index (χ0) is 19.9. The number of anilines is 2. The van der Waals surface area contributed by atoms with Gasteiger partial charge in [0.05, 0.1) is 5.69 Å². The molecule has 144 valence electrons. The van der Waals surface area contributed by atoms with Crippen molar-refractivity contribution in [3.05, 3.63) is 72.3 Å². The second-order valence-corrected chi connectivity index (χ2v) is 6.58. The molecule has 28 heavy (non-hydrogen) atoms. The van der Waals surface area contributed by atoms with Crippen molar-refractivity contribution in [2.45, 2.75) is 19.8 Å². The van der Waals surface area contributed by atoms with E-state index in [0.717, 1.165) is 30.6 Å². The minimum Gasteiger partial charge on any atom is -0.342 e. The van der Waals surface area contributed by atoms with E-state index in [0.29, 0.717) is 17.1 Å². The fraction of sp³-hybridized carbons (Fsp3) is 0.227. The second kappa shape index (κ2) is 9.08. The van der Waals surface area contributed by atoms with Gasteiger partial charge >= 0.3 is 0 Å². The van der Waals surface area contributed by atoms with E-state index in [9.17, 15) is 9.18 Å². The number of carbonyl (C=O) groups is 1. The number of nitrogens with one attached hydrogen (secondary N) is 1. The van der Waals surface area contributed by atoms with Crippen molar-refractivity contribution in [3.63, 3.8) is 0 Å². The summed E-state index contributed by atoms with van der Waals surface area (Å²) in [6.45, 7) is 2.86. The molecule has 0 aliphatic heterocycles. The van der Waals surface area contributed by atoms with Gasteiger partial charge in [0.1, 0.15) is 18.0 Å². The van der Waals surface area contributed by atoms with Gasteiger partial charge in [-0.25, -0.2) is 14.4 Å². The fourth-order valence-corrected chi connectivity index (χ4v) is 2.77. The summed E-state index contributed by atoms with van der Waals surface area (Å²) >= 11 is 0. The summed E-state index contributed by atoms with van der Waals surface area (Å²) in [5, 5.41) is 3.21. The highest BCUT2D eigenvalue weighted by Crippen LogP contribution is 2.21. The number of nitrogens with zero attached hydrogens (tertiary/aromatic N) is 3. The SMILES string of the molecule is CCCCN(C)C(=O)c1ccc(Nc2cc(-c3ccc(F)cc3)ncn2)cc1. The van der Waals surface area contributed by atoms with Gasteiger partial charge in [-0.2, -0.15) is 0 Å². The van der Waals surface area contributed by atoms with Gasteiger partial charge in [-0.15, -0.1) is 0 Å². The van der Waals surface area contributed by atoms with Crippen molar-refractivity contribution in [3.8, 4) is 11.3 Å². The molecule has 1 aromatic heterocycles. The molecular formula is C22H23FN4O. The van der Waals surface area contributed by atoms with Crippen molar-refractivity contribution >= 4 is 17.4 Å². The lowest BCUT2D eigenvalue weighted by Crippen LogP contribution is -2.27. The third kappa shape index (κ3) is 4.91. The first-order valence-electron chi connectivity index (χ1n) is 9.27. The van der Waals surface area contributed by atoms with Crippen LogP contribution in [0.4, 0.5) is 15.9 Å². The van der Waals surface area contributed by atoms with Crippen LogP contribution in [0.1, 0.15) is 30.1 Å². The average Bonchev–Trinajstić information content (AvgIpc) is 2.73. The second-order valence-electron chi connectivity index (χ2n) is 6.58. The summed E-state index contributed by atoms with van der Waals surface area (Å²) < 4.78 is 13.1. The molecule has 3 rings (SSSR count). The molecule has 5 nitrogen and oxygen atoms in total. The standard InChI is InChI=1S/C22H23FN4O/c1-3-4-13-27(2)22(28)17-7-11-19(12-8-17)26-21-14-20(24-15-25-21)16-5-9-18(23)10-6-16/h5-12,14-15H,3-4,13H2,1-2H3,(H,24,25,26). The first-order valence-corrected chi connectivity index (χ1v) is 9.27. The third-order valence-electron chi connectivity index (χ3n) is 4.41. The van der Waals surface area contributed by atoms with Crippen molar-refractivity contribution in [2.24, 2.45) is 0 Å². The average molecular weight is 378 g/mol. The monoisotopic (exact) mass is 378 g/mol. The third-order valence-corrected chi connectivity index (χ3v) is 4.41. The van der Waals surface area contributed by atoms with Crippen LogP contribution in [0.5, 0.6) is 0 Å². The maximum Gasteiger partial charge on any atom is 0.253 e. The summed E-state index contributed by atoms with van der Waals surface area (Å²) in [7, 11) is 1.82. The largest absolute Gasteiger partial charge is 0.342 e. The predicted octanol–water partition coefficient (Wildman–Crippen LogP) is 4.90. The molecule has 0 radical (unpaired) electrons. The number of aromatic nitrogens is 2. The van der Waals surface area contributed by atoms with Crippen LogP contribution in [0.25, 0.3) is 11.3 Å². The molecule has 3 aromatic rings. The number of hydrogen-bond acceptors (Lipinski definition) is 4. The summed E-state index contributed by atoms with van der Waals surface area (Å²) in [5.41, 5.74) is 2.97. The molecule has 0 aliphatic carbocycles. The van der Waals surface area contributed by atoms with E-state index >= 15 is 0 Å². The van der Waals surface area contributed by atoms with Gasteiger partial charge in [0.2, 0.25) is 0 Å². The smallest absolute Gasteiger partial charge is 0.253 e. The Hall–Kier alpha value is -3.28. The number of halogens is 1. The quantitative estimate of drug-likeness (QED) is 0.635. The minimum absolute atomic E-state index is 0.0145. The van der Waals surface area contributed by atoms with E-state index in [-0.39, 0.29) is 11.7 Å². The van der Waals surface area contributed by atoms with E-state index < -0.39 is 0 Å². The topological polar surface area (TPSA) is 58.1 Å². The molecule has 0 fully saturated rings. The molecule has 0 saturated heterocycles. The Bertz CT molecular complexity index is 926. The van der Waals surface area contributed by atoms with Gasteiger partial charge in [-0.3, -0.25) is 4.79 Å². The van der Waals surface area contributed by atoms with Gasteiger partial charge in [-0.05, 0) is 55.0 Å². The van der Waals surface area contributed by atoms with Gasteiger partial charge in [-0.1, -0.05) is 13.3 Å². The molecule has 0 bridgehead atoms. The first kappa shape index (κ1) is 19.5. The van der Waals surface area contributed by atoms with Crippen molar-refractivity contribution < 1.29 is 9.18 Å². The molecule has 2 aromatic carbocycles. The molecule has 0 unspecified atom stereocenters. The van der Waals surface area contributed by atoms with Crippen molar-refractivity contribution in [1.29, 1.82) is 0 Å². The van der Waals surface area contributed by atoms with E-state index in [4.69, 9.17) is 0 Å². The normalized spacial score (nSPS) is 10.5. The number of amides is 1. The van der Waals surface area contributed by atoms with E-state index in [1.54, 1.807) is 35.2 Å². The molecule has 1 N–H and O–H groups in total. The number of rotatable bonds is 7. The summed E-state index contributed by atoms with van der Waals surface area (Å²) in [6.07, 6.45) is 3.51. The summed E-state index contributed by atoms with van der Waals surface area (Å²) in [4.78, 5) is 22.6. The van der Waals surface area contributed by atoms with E-state index in [1.807, 2.05) is 19.2 Å². The van der Waals surface area contributed by atoms with E-state index in [1.165, 1.54) is 18.5 Å². The zero-order valence-corrected chi connectivity index (χ0v) is 16.0. The van der Waals surface area contributed by atoms with Crippen LogP contribution in [0.3, 0.4) is 0 Å². The highest BCUT2D eigenvalue weighted by atomic mass is 19.1. The fourth-order valence-electron chi connectivity index (χ4n) is 2.77. The Kier molecular flexibility index (Phi) is 6.32. The Morgan fingerprint density at radius 2 is 1.79 bits per heavy atom. The Morgan fingerprint density at radius 3 is 2.46 bits per heavy atom. The van der Waals surface area contributed by atoms with Crippen molar-refractivity contribution in [2.75, 3.05) is 18.9 Å². The predicted molar refractivity (Wildman–Crippen MR) is 109 cm³/mol. The summed E-state index contributed by atoms with van der Waals surface area (Å²) in [5.74, 6) is 0.347. The van der Waals surface area contributed by atoms with Crippen LogP contribution in [0.2, 0.25) is 0 Å². The van der Waals surface area contributed by atoms with Crippen LogP contribution in [0.15, 0.2) is 60.9 Å². The maximum absolute atomic E-state index is 13.1. The van der Waals surface area contributed by atoms with Crippen LogP contribution >= 0.6 is 0 Å². The highest BCUT2D eigenvalue weighted by Gasteiger charge is 2.11. The lowest BCUT2D eigenvalue weighted by Gasteiger charge is -2.17. The van der Waals surface area contributed by atoms with Crippen LogP contribution in [0, 0.1) is 5.82 Å². The lowest BCUT2D eigenvalue weighted by molar-refractivity contribution is 0.0793. The maximum atomic E-state index is 13.1. The number of hydrogen-bond donors (Lipinski definition) is 1.